The highest BCUT2D eigenvalue weighted by molar-refractivity contribution is 5.54. The van der Waals surface area contributed by atoms with Gasteiger partial charge in [0, 0.05) is 55.1 Å². The highest BCUT2D eigenvalue weighted by Crippen LogP contribution is 2.42. The molecular formula is C39H38F2N8O3. The summed E-state index contributed by atoms with van der Waals surface area (Å²) in [6, 6.07) is 29.8. The number of hydrogen-bond acceptors (Lipinski definition) is 8. The third kappa shape index (κ3) is 7.04. The van der Waals surface area contributed by atoms with E-state index in [0.717, 1.165) is 49.2 Å². The maximum absolute atomic E-state index is 15.1. The van der Waals surface area contributed by atoms with E-state index in [9.17, 15) is 9.18 Å². The highest BCUT2D eigenvalue weighted by atomic mass is 19.1. The second-order valence-corrected chi connectivity index (χ2v) is 13.3. The van der Waals surface area contributed by atoms with Crippen molar-refractivity contribution in [2.75, 3.05) is 42.6 Å². The molecule has 0 amide bonds. The molecule has 11 nitrogen and oxygen atoms in total. The van der Waals surface area contributed by atoms with Gasteiger partial charge in [0.1, 0.15) is 48.6 Å². The van der Waals surface area contributed by atoms with Crippen LogP contribution in [0.1, 0.15) is 17.5 Å². The maximum Gasteiger partial charge on any atom is 0.350 e. The van der Waals surface area contributed by atoms with E-state index in [0.29, 0.717) is 18.7 Å². The number of piperazine rings is 1. The lowest BCUT2D eigenvalue weighted by molar-refractivity contribution is -0.0205. The Labute approximate surface area is 299 Å². The molecule has 0 unspecified atom stereocenters. The predicted molar refractivity (Wildman–Crippen MR) is 192 cm³/mol. The standard InChI is InChI=1S/C39H38F2N8O3/c40-31-6-15-36(37(41)20-31)39(25-47-27-42-26-43-47)21-30(24-52-39)22-49-38(50)48(28-44-49)34-9-7-32(8-10-34)45-16-18-46(19-17-45)33-11-13-35(14-12-33)51-23-29-4-2-1-3-5-29/h1-15,20,26-28,30H,16-19,21-25H2/t30-,39-/m0/s1. The molecule has 8 rings (SSSR count). The molecule has 0 saturated carbocycles. The fraction of sp³-hybridized carbons (Fsp3) is 0.282. The molecule has 0 radical (unpaired) electrons. The summed E-state index contributed by atoms with van der Waals surface area (Å²) in [5.41, 5.74) is 2.97. The summed E-state index contributed by atoms with van der Waals surface area (Å²) in [6.07, 6.45) is 4.82. The first-order valence-corrected chi connectivity index (χ1v) is 17.4. The molecule has 2 atom stereocenters. The van der Waals surface area contributed by atoms with Crippen molar-refractivity contribution in [2.24, 2.45) is 5.92 Å². The van der Waals surface area contributed by atoms with E-state index in [-0.39, 0.29) is 36.9 Å². The van der Waals surface area contributed by atoms with Crippen LogP contribution in [-0.2, 0) is 30.0 Å². The molecule has 0 spiro atoms. The summed E-state index contributed by atoms with van der Waals surface area (Å²) >= 11 is 0. The van der Waals surface area contributed by atoms with Gasteiger partial charge in [-0.05, 0) is 66.6 Å². The largest absolute Gasteiger partial charge is 0.489 e. The lowest BCUT2D eigenvalue weighted by Crippen LogP contribution is -2.46. The van der Waals surface area contributed by atoms with E-state index < -0.39 is 17.2 Å². The third-order valence-electron chi connectivity index (χ3n) is 9.91. The number of nitrogens with zero attached hydrogens (tertiary/aromatic N) is 8. The first-order valence-electron chi connectivity index (χ1n) is 17.4. The van der Waals surface area contributed by atoms with Gasteiger partial charge in [0.15, 0.2) is 0 Å². The average Bonchev–Trinajstić information content (AvgIpc) is 3.93. The van der Waals surface area contributed by atoms with Gasteiger partial charge >= 0.3 is 5.69 Å². The van der Waals surface area contributed by atoms with E-state index in [4.69, 9.17) is 9.47 Å². The van der Waals surface area contributed by atoms with E-state index in [2.05, 4.69) is 49.2 Å². The SMILES string of the molecule is O=c1n(-c2ccc(N3CCN(c4ccc(OCc5ccccc5)cc4)CC3)cc2)cnn1C[C@H]1CO[C@@](Cn2cncn2)(c2ccc(F)cc2F)C1. The normalized spacial score (nSPS) is 18.9. The fourth-order valence-electron chi connectivity index (χ4n) is 7.22. The van der Waals surface area contributed by atoms with Crippen LogP contribution < -0.4 is 20.2 Å². The molecule has 4 heterocycles. The Morgan fingerprint density at radius 1 is 0.808 bits per heavy atom. The van der Waals surface area contributed by atoms with Crippen LogP contribution >= 0.6 is 0 Å². The lowest BCUT2D eigenvalue weighted by atomic mass is 9.86. The Balaban J connectivity index is 0.877. The number of anilines is 2. The van der Waals surface area contributed by atoms with Crippen LogP contribution in [0, 0.1) is 17.6 Å². The van der Waals surface area contributed by atoms with Gasteiger partial charge in [-0.2, -0.15) is 10.2 Å². The average molecular weight is 705 g/mol. The van der Waals surface area contributed by atoms with Gasteiger partial charge in [-0.15, -0.1) is 0 Å². The van der Waals surface area contributed by atoms with E-state index in [1.165, 1.54) is 46.1 Å². The van der Waals surface area contributed by atoms with Crippen molar-refractivity contribution >= 4 is 11.4 Å². The van der Waals surface area contributed by atoms with E-state index >= 15 is 4.39 Å². The van der Waals surface area contributed by atoms with Crippen LogP contribution in [0.2, 0.25) is 0 Å². The molecule has 2 aliphatic heterocycles. The van der Waals surface area contributed by atoms with Crippen molar-refractivity contribution in [2.45, 2.75) is 31.7 Å². The molecule has 0 aliphatic carbocycles. The van der Waals surface area contributed by atoms with Crippen molar-refractivity contribution in [3.8, 4) is 11.4 Å². The monoisotopic (exact) mass is 704 g/mol. The number of ether oxygens (including phenoxy) is 2. The minimum atomic E-state index is -1.11. The molecule has 6 aromatic rings. The first kappa shape index (κ1) is 33.3. The molecule has 52 heavy (non-hydrogen) atoms. The fourth-order valence-corrected chi connectivity index (χ4v) is 7.22. The zero-order valence-electron chi connectivity index (χ0n) is 28.5. The van der Waals surface area contributed by atoms with Gasteiger partial charge in [-0.25, -0.2) is 32.5 Å². The molecule has 266 valence electrons. The van der Waals surface area contributed by atoms with Gasteiger partial charge in [0.05, 0.1) is 25.4 Å². The van der Waals surface area contributed by atoms with Gasteiger partial charge in [0.2, 0.25) is 0 Å². The van der Waals surface area contributed by atoms with Gasteiger partial charge in [0.25, 0.3) is 0 Å². The Morgan fingerprint density at radius 3 is 2.17 bits per heavy atom. The molecule has 4 aromatic carbocycles. The summed E-state index contributed by atoms with van der Waals surface area (Å²) in [7, 11) is 0. The molecule has 0 N–H and O–H groups in total. The van der Waals surface area contributed by atoms with Crippen molar-refractivity contribution in [1.82, 2.24) is 29.1 Å². The van der Waals surface area contributed by atoms with Crippen LogP contribution in [-0.4, -0.2) is 61.9 Å². The van der Waals surface area contributed by atoms with Crippen molar-refractivity contribution in [3.63, 3.8) is 0 Å². The summed E-state index contributed by atoms with van der Waals surface area (Å²) < 4.78 is 45.5. The Bertz CT molecular complexity index is 2150. The predicted octanol–water partition coefficient (Wildman–Crippen LogP) is 5.44. The molecule has 2 aromatic heterocycles. The quantitative estimate of drug-likeness (QED) is 0.176. The molecule has 2 fully saturated rings. The second kappa shape index (κ2) is 14.4. The van der Waals surface area contributed by atoms with Crippen LogP contribution in [0.4, 0.5) is 20.2 Å². The van der Waals surface area contributed by atoms with Crippen molar-refractivity contribution in [1.29, 1.82) is 0 Å². The van der Waals surface area contributed by atoms with Crippen molar-refractivity contribution in [3.05, 3.63) is 149 Å². The smallest absolute Gasteiger partial charge is 0.350 e. The third-order valence-corrected chi connectivity index (χ3v) is 9.91. The summed E-state index contributed by atoms with van der Waals surface area (Å²) in [4.78, 5) is 22.2. The van der Waals surface area contributed by atoms with Crippen LogP contribution in [0.5, 0.6) is 5.75 Å². The number of hydrogen-bond donors (Lipinski definition) is 0. The molecule has 2 aliphatic rings. The summed E-state index contributed by atoms with van der Waals surface area (Å²) in [5, 5.41) is 8.57. The van der Waals surface area contributed by atoms with Crippen LogP contribution in [0.25, 0.3) is 5.69 Å². The lowest BCUT2D eigenvalue weighted by Gasteiger charge is -2.37. The molecule has 2 saturated heterocycles. The van der Waals surface area contributed by atoms with Gasteiger partial charge < -0.3 is 19.3 Å². The number of rotatable bonds is 11. The topological polar surface area (TPSA) is 95.5 Å². The van der Waals surface area contributed by atoms with Crippen LogP contribution in [0.15, 0.2) is 121 Å². The minimum absolute atomic E-state index is 0.152. The number of aromatic nitrogens is 6. The Hall–Kier alpha value is -5.82. The van der Waals surface area contributed by atoms with E-state index in [1.807, 2.05) is 54.6 Å². The summed E-state index contributed by atoms with van der Waals surface area (Å²) in [5.74, 6) is -0.657. The maximum atomic E-state index is 15.1. The Morgan fingerprint density at radius 2 is 1.50 bits per heavy atom. The molecule has 0 bridgehead atoms. The van der Waals surface area contributed by atoms with E-state index in [1.54, 1.807) is 4.68 Å². The van der Waals surface area contributed by atoms with Gasteiger partial charge in [-0.3, -0.25) is 0 Å². The van der Waals surface area contributed by atoms with Crippen molar-refractivity contribution < 1.29 is 18.3 Å². The summed E-state index contributed by atoms with van der Waals surface area (Å²) in [6.45, 7) is 4.78. The first-order chi connectivity index (χ1) is 25.4. The molecule has 13 heteroatoms. The zero-order chi connectivity index (χ0) is 35.5. The number of halogens is 2. The number of benzene rings is 4. The highest BCUT2D eigenvalue weighted by Gasteiger charge is 2.44. The minimum Gasteiger partial charge on any atom is -0.489 e. The second-order valence-electron chi connectivity index (χ2n) is 13.3. The Kier molecular flexibility index (Phi) is 9.25. The zero-order valence-corrected chi connectivity index (χ0v) is 28.5. The van der Waals surface area contributed by atoms with Gasteiger partial charge in [-0.1, -0.05) is 36.4 Å². The van der Waals surface area contributed by atoms with Crippen LogP contribution in [0.3, 0.4) is 0 Å². The molecular weight excluding hydrogens is 666 g/mol.